The van der Waals surface area contributed by atoms with Crippen LogP contribution in [-0.4, -0.2) is 40.5 Å². The SMILES string of the molecule is Cc1noc(C)c1CC(=O)N1C[C@@H](c2ccccc2)[C@@H]2NC(=O)CCCC[C@H]21. The van der Waals surface area contributed by atoms with Crippen molar-refractivity contribution in [1.82, 2.24) is 15.4 Å². The van der Waals surface area contributed by atoms with Crippen molar-refractivity contribution in [3.63, 3.8) is 0 Å². The monoisotopic (exact) mass is 381 g/mol. The van der Waals surface area contributed by atoms with Crippen LogP contribution >= 0.6 is 0 Å². The van der Waals surface area contributed by atoms with E-state index in [-0.39, 0.29) is 29.8 Å². The number of rotatable bonds is 3. The number of nitrogens with one attached hydrogen (secondary N) is 1. The molecule has 1 aromatic heterocycles. The molecule has 6 heteroatoms. The molecule has 2 aliphatic rings. The molecule has 2 saturated heterocycles. The van der Waals surface area contributed by atoms with E-state index in [4.69, 9.17) is 4.52 Å². The van der Waals surface area contributed by atoms with Crippen LogP contribution in [0.5, 0.6) is 0 Å². The molecule has 2 amide bonds. The predicted octanol–water partition coefficient (Wildman–Crippen LogP) is 2.89. The number of fused-ring (bicyclic) bond motifs is 1. The van der Waals surface area contributed by atoms with Gasteiger partial charge in [0, 0.05) is 24.4 Å². The molecule has 0 saturated carbocycles. The van der Waals surface area contributed by atoms with Crippen LogP contribution in [-0.2, 0) is 16.0 Å². The third kappa shape index (κ3) is 3.55. The minimum absolute atomic E-state index is 0.0300. The fraction of sp³-hybridized carbons (Fsp3) is 0.500. The number of aryl methyl sites for hydroxylation is 2. The van der Waals surface area contributed by atoms with Crippen LogP contribution in [0.25, 0.3) is 0 Å². The zero-order valence-corrected chi connectivity index (χ0v) is 16.5. The van der Waals surface area contributed by atoms with E-state index in [0.29, 0.717) is 25.1 Å². The molecule has 0 unspecified atom stereocenters. The largest absolute Gasteiger partial charge is 0.361 e. The molecule has 148 valence electrons. The Hall–Kier alpha value is -2.63. The number of hydrogen-bond donors (Lipinski definition) is 1. The van der Waals surface area contributed by atoms with Crippen molar-refractivity contribution in [2.75, 3.05) is 6.54 Å². The summed E-state index contributed by atoms with van der Waals surface area (Å²) in [6, 6.07) is 10.2. The van der Waals surface area contributed by atoms with E-state index in [9.17, 15) is 9.59 Å². The predicted molar refractivity (Wildman–Crippen MR) is 105 cm³/mol. The Bertz CT molecular complexity index is 842. The maximum atomic E-state index is 13.3. The highest BCUT2D eigenvalue weighted by Gasteiger charge is 2.45. The fourth-order valence-corrected chi connectivity index (χ4v) is 4.66. The summed E-state index contributed by atoms with van der Waals surface area (Å²) in [4.78, 5) is 27.6. The Morgan fingerprint density at radius 3 is 2.75 bits per heavy atom. The molecule has 6 nitrogen and oxygen atoms in total. The van der Waals surface area contributed by atoms with Gasteiger partial charge in [0.15, 0.2) is 0 Å². The minimum atomic E-state index is -0.0381. The van der Waals surface area contributed by atoms with Crippen LogP contribution in [0, 0.1) is 13.8 Å². The lowest BCUT2D eigenvalue weighted by atomic mass is 9.88. The van der Waals surface area contributed by atoms with Crippen molar-refractivity contribution in [3.8, 4) is 0 Å². The lowest BCUT2D eigenvalue weighted by Crippen LogP contribution is -2.49. The molecule has 2 aliphatic heterocycles. The summed E-state index contributed by atoms with van der Waals surface area (Å²) in [5.41, 5.74) is 2.82. The van der Waals surface area contributed by atoms with Crippen LogP contribution in [0.1, 0.15) is 54.2 Å². The van der Waals surface area contributed by atoms with Crippen molar-refractivity contribution >= 4 is 11.8 Å². The molecule has 4 rings (SSSR count). The summed E-state index contributed by atoms with van der Waals surface area (Å²) in [6.07, 6.45) is 3.61. The van der Waals surface area contributed by atoms with Gasteiger partial charge in [0.25, 0.3) is 0 Å². The zero-order chi connectivity index (χ0) is 19.7. The molecule has 1 aromatic carbocycles. The lowest BCUT2D eigenvalue weighted by molar-refractivity contribution is -0.132. The Kier molecular flexibility index (Phi) is 5.20. The Balaban J connectivity index is 1.63. The zero-order valence-electron chi connectivity index (χ0n) is 16.5. The average molecular weight is 381 g/mol. The van der Waals surface area contributed by atoms with Gasteiger partial charge in [0.05, 0.1) is 24.2 Å². The number of benzene rings is 1. The summed E-state index contributed by atoms with van der Waals surface area (Å²) in [5, 5.41) is 7.21. The van der Waals surface area contributed by atoms with Crippen molar-refractivity contribution in [2.45, 2.75) is 64.0 Å². The second kappa shape index (κ2) is 7.78. The molecular formula is C22H27N3O3. The standard InChI is InChI=1S/C22H27N3O3/c1-14-17(15(2)28-24-14)12-21(27)25-13-18(16-8-4-3-5-9-16)22-19(25)10-6-7-11-20(26)23-22/h3-5,8-9,18-19,22H,6-7,10-13H2,1-2H3,(H,23,26)/t18-,19+,22-/m0/s1. The molecule has 2 fully saturated rings. The van der Waals surface area contributed by atoms with Gasteiger partial charge >= 0.3 is 0 Å². The quantitative estimate of drug-likeness (QED) is 0.887. The van der Waals surface area contributed by atoms with Gasteiger partial charge in [0.1, 0.15) is 5.76 Å². The Morgan fingerprint density at radius 1 is 1.25 bits per heavy atom. The summed E-state index contributed by atoms with van der Waals surface area (Å²) in [6.45, 7) is 4.34. The summed E-state index contributed by atoms with van der Waals surface area (Å²) < 4.78 is 5.23. The van der Waals surface area contributed by atoms with Gasteiger partial charge < -0.3 is 14.7 Å². The molecule has 0 radical (unpaired) electrons. The number of nitrogens with zero attached hydrogens (tertiary/aromatic N) is 2. The number of amides is 2. The van der Waals surface area contributed by atoms with Crippen LogP contribution in [0.15, 0.2) is 34.9 Å². The number of likely N-dealkylation sites (tertiary alicyclic amines) is 1. The molecule has 28 heavy (non-hydrogen) atoms. The topological polar surface area (TPSA) is 75.4 Å². The maximum Gasteiger partial charge on any atom is 0.227 e. The molecule has 2 aromatic rings. The van der Waals surface area contributed by atoms with E-state index in [2.05, 4.69) is 22.6 Å². The molecule has 0 spiro atoms. The minimum Gasteiger partial charge on any atom is -0.361 e. The van der Waals surface area contributed by atoms with Crippen molar-refractivity contribution in [3.05, 3.63) is 52.9 Å². The normalized spacial score (nSPS) is 25.0. The van der Waals surface area contributed by atoms with E-state index in [1.54, 1.807) is 0 Å². The molecule has 0 bridgehead atoms. The Labute approximate surface area is 165 Å². The van der Waals surface area contributed by atoms with Crippen LogP contribution in [0.2, 0.25) is 0 Å². The number of carbonyl (C=O) groups excluding carboxylic acids is 2. The maximum absolute atomic E-state index is 13.3. The molecule has 3 heterocycles. The first-order valence-corrected chi connectivity index (χ1v) is 10.1. The first-order chi connectivity index (χ1) is 13.5. The van der Waals surface area contributed by atoms with Crippen LogP contribution in [0.4, 0.5) is 0 Å². The second-order valence-corrected chi connectivity index (χ2v) is 7.95. The average Bonchev–Trinajstić information content (AvgIpc) is 3.18. The van der Waals surface area contributed by atoms with E-state index in [1.807, 2.05) is 36.9 Å². The summed E-state index contributed by atoms with van der Waals surface area (Å²) in [7, 11) is 0. The van der Waals surface area contributed by atoms with Gasteiger partial charge in [-0.2, -0.15) is 0 Å². The van der Waals surface area contributed by atoms with E-state index < -0.39 is 0 Å². The molecule has 0 aliphatic carbocycles. The third-order valence-corrected chi connectivity index (χ3v) is 6.18. The number of aromatic nitrogens is 1. The fourth-order valence-electron chi connectivity index (χ4n) is 4.66. The van der Waals surface area contributed by atoms with Gasteiger partial charge in [-0.1, -0.05) is 41.9 Å². The second-order valence-electron chi connectivity index (χ2n) is 7.95. The highest BCUT2D eigenvalue weighted by atomic mass is 16.5. The first kappa shape index (κ1) is 18.7. The highest BCUT2D eigenvalue weighted by molar-refractivity contribution is 5.81. The van der Waals surface area contributed by atoms with Gasteiger partial charge in [-0.15, -0.1) is 0 Å². The van der Waals surface area contributed by atoms with Crippen molar-refractivity contribution in [1.29, 1.82) is 0 Å². The Morgan fingerprint density at radius 2 is 2.04 bits per heavy atom. The first-order valence-electron chi connectivity index (χ1n) is 10.1. The van der Waals surface area contributed by atoms with E-state index >= 15 is 0 Å². The highest BCUT2D eigenvalue weighted by Crippen LogP contribution is 2.36. The summed E-state index contributed by atoms with van der Waals surface area (Å²) in [5.74, 6) is 0.988. The van der Waals surface area contributed by atoms with Gasteiger partial charge in [-0.25, -0.2) is 0 Å². The number of hydrogen-bond acceptors (Lipinski definition) is 4. The third-order valence-electron chi connectivity index (χ3n) is 6.18. The smallest absolute Gasteiger partial charge is 0.227 e. The van der Waals surface area contributed by atoms with Crippen LogP contribution in [0.3, 0.4) is 0 Å². The van der Waals surface area contributed by atoms with Crippen molar-refractivity contribution in [2.24, 2.45) is 0 Å². The van der Waals surface area contributed by atoms with E-state index in [0.717, 1.165) is 30.5 Å². The van der Waals surface area contributed by atoms with Crippen LogP contribution < -0.4 is 5.32 Å². The van der Waals surface area contributed by atoms with Gasteiger partial charge in [0.2, 0.25) is 11.8 Å². The molecular weight excluding hydrogens is 354 g/mol. The number of carbonyl (C=O) groups is 2. The molecule has 1 N–H and O–H groups in total. The van der Waals surface area contributed by atoms with Crippen molar-refractivity contribution < 1.29 is 14.1 Å². The van der Waals surface area contributed by atoms with Gasteiger partial charge in [-0.05, 0) is 32.3 Å². The lowest BCUT2D eigenvalue weighted by Gasteiger charge is -2.31. The summed E-state index contributed by atoms with van der Waals surface area (Å²) >= 11 is 0. The van der Waals surface area contributed by atoms with E-state index in [1.165, 1.54) is 5.56 Å². The van der Waals surface area contributed by atoms with Gasteiger partial charge in [-0.3, -0.25) is 9.59 Å². The molecule has 3 atom stereocenters.